The lowest BCUT2D eigenvalue weighted by molar-refractivity contribution is 0.271. The van der Waals surface area contributed by atoms with E-state index in [1.165, 1.54) is 16.6 Å². The highest BCUT2D eigenvalue weighted by Crippen LogP contribution is 2.24. The van der Waals surface area contributed by atoms with Crippen LogP contribution in [0.1, 0.15) is 20.3 Å². The minimum Gasteiger partial charge on any atom is -0.396 e. The minimum absolute atomic E-state index is 0.0512. The van der Waals surface area contributed by atoms with Gasteiger partial charge in [0.15, 0.2) is 0 Å². The highest BCUT2D eigenvalue weighted by Gasteiger charge is 2.23. The molecule has 0 fully saturated rings. The molecular weight excluding hydrogens is 302 g/mol. The zero-order valence-corrected chi connectivity index (χ0v) is 13.2. The van der Waals surface area contributed by atoms with E-state index in [0.29, 0.717) is 25.3 Å². The Labute approximate surface area is 124 Å². The van der Waals surface area contributed by atoms with Crippen LogP contribution in [0.2, 0.25) is 5.02 Å². The summed E-state index contributed by atoms with van der Waals surface area (Å²) in [4.78, 5) is 4.09. The van der Waals surface area contributed by atoms with E-state index in [9.17, 15) is 8.42 Å². The molecule has 0 saturated carbocycles. The summed E-state index contributed by atoms with van der Waals surface area (Å²) < 4.78 is 26.1. The predicted octanol–water partition coefficient (Wildman–Crippen LogP) is 1.56. The van der Waals surface area contributed by atoms with Crippen molar-refractivity contribution in [2.45, 2.75) is 25.2 Å². The number of hydrogen-bond acceptors (Lipinski definition) is 5. The summed E-state index contributed by atoms with van der Waals surface area (Å²) in [5, 5.41) is 12.0. The van der Waals surface area contributed by atoms with Crippen molar-refractivity contribution in [3.05, 3.63) is 17.3 Å². The van der Waals surface area contributed by atoms with Gasteiger partial charge in [-0.05, 0) is 19.4 Å². The lowest BCUT2D eigenvalue weighted by Crippen LogP contribution is -2.32. The predicted molar refractivity (Wildman–Crippen MR) is 79.5 cm³/mol. The first-order valence-corrected chi connectivity index (χ1v) is 8.29. The molecule has 0 aliphatic rings. The molecule has 1 aromatic rings. The number of aliphatic hydroxyl groups excluding tert-OH is 1. The second-order valence-electron chi connectivity index (χ2n) is 4.11. The molecule has 114 valence electrons. The van der Waals surface area contributed by atoms with Gasteiger partial charge in [-0.15, -0.1) is 0 Å². The summed E-state index contributed by atoms with van der Waals surface area (Å²) in [6.07, 6.45) is 1.69. The SMILES string of the molecule is CCNc1ncc(S(=O)(=O)N(CC)CCCO)cc1Cl. The van der Waals surface area contributed by atoms with Gasteiger partial charge in [0.2, 0.25) is 10.0 Å². The van der Waals surface area contributed by atoms with Crippen LogP contribution >= 0.6 is 11.6 Å². The molecule has 0 aliphatic heterocycles. The fourth-order valence-electron chi connectivity index (χ4n) is 1.70. The number of aliphatic hydroxyl groups is 1. The van der Waals surface area contributed by atoms with Crippen molar-refractivity contribution in [3.8, 4) is 0 Å². The van der Waals surface area contributed by atoms with Crippen molar-refractivity contribution >= 4 is 27.4 Å². The zero-order chi connectivity index (χ0) is 15.2. The van der Waals surface area contributed by atoms with Gasteiger partial charge in [0.1, 0.15) is 10.7 Å². The molecule has 1 aromatic heterocycles. The van der Waals surface area contributed by atoms with Crippen LogP contribution in [-0.4, -0.2) is 49.1 Å². The Balaban J connectivity index is 3.05. The van der Waals surface area contributed by atoms with Crippen LogP contribution in [0.4, 0.5) is 5.82 Å². The molecule has 1 heterocycles. The Hall–Kier alpha value is -0.890. The first kappa shape index (κ1) is 17.2. The summed E-state index contributed by atoms with van der Waals surface area (Å²) in [5.41, 5.74) is 0. The molecule has 1 rings (SSSR count). The maximum Gasteiger partial charge on any atom is 0.244 e. The third-order valence-electron chi connectivity index (χ3n) is 2.72. The molecule has 0 amide bonds. The Morgan fingerprint density at radius 1 is 1.45 bits per heavy atom. The molecule has 0 spiro atoms. The molecule has 0 aromatic carbocycles. The number of rotatable bonds is 8. The van der Waals surface area contributed by atoms with Crippen LogP contribution in [0.25, 0.3) is 0 Å². The molecule has 0 bridgehead atoms. The number of halogens is 1. The summed E-state index contributed by atoms with van der Waals surface area (Å²) in [6, 6.07) is 1.39. The lowest BCUT2D eigenvalue weighted by atomic mass is 10.4. The Kier molecular flexibility index (Phi) is 6.67. The van der Waals surface area contributed by atoms with Crippen molar-refractivity contribution in [3.63, 3.8) is 0 Å². The number of anilines is 1. The van der Waals surface area contributed by atoms with Gasteiger partial charge in [-0.3, -0.25) is 0 Å². The molecule has 0 aliphatic carbocycles. The highest BCUT2D eigenvalue weighted by atomic mass is 35.5. The number of pyridine rings is 1. The first-order chi connectivity index (χ1) is 9.47. The standard InChI is InChI=1S/C12H20ClN3O3S/c1-3-14-12-11(13)8-10(9-15-12)20(18,19)16(4-2)6-5-7-17/h8-9,17H,3-7H2,1-2H3,(H,14,15). The summed E-state index contributed by atoms with van der Waals surface area (Å²) >= 11 is 6.02. The number of sulfonamides is 1. The topological polar surface area (TPSA) is 82.5 Å². The maximum atomic E-state index is 12.4. The van der Waals surface area contributed by atoms with Gasteiger partial charge in [-0.25, -0.2) is 13.4 Å². The van der Waals surface area contributed by atoms with Crippen LogP contribution in [0.5, 0.6) is 0 Å². The molecule has 8 heteroatoms. The molecule has 0 radical (unpaired) electrons. The fourth-order valence-corrected chi connectivity index (χ4v) is 3.46. The van der Waals surface area contributed by atoms with Gasteiger partial charge in [-0.1, -0.05) is 18.5 Å². The average molecular weight is 322 g/mol. The fraction of sp³-hybridized carbons (Fsp3) is 0.583. The molecule has 6 nitrogen and oxygen atoms in total. The Morgan fingerprint density at radius 2 is 2.15 bits per heavy atom. The van der Waals surface area contributed by atoms with Crippen molar-refractivity contribution in [2.75, 3.05) is 31.6 Å². The first-order valence-electron chi connectivity index (χ1n) is 6.47. The third kappa shape index (κ3) is 4.05. The summed E-state index contributed by atoms with van der Waals surface area (Å²) in [5.74, 6) is 0.464. The van der Waals surface area contributed by atoms with Gasteiger partial charge in [0, 0.05) is 32.4 Å². The largest absolute Gasteiger partial charge is 0.396 e. The maximum absolute atomic E-state index is 12.4. The average Bonchev–Trinajstić information content (AvgIpc) is 2.41. The van der Waals surface area contributed by atoms with E-state index in [0.717, 1.165) is 0 Å². The van der Waals surface area contributed by atoms with E-state index in [1.807, 2.05) is 6.92 Å². The minimum atomic E-state index is -3.63. The van der Waals surface area contributed by atoms with Crippen molar-refractivity contribution in [2.24, 2.45) is 0 Å². The third-order valence-corrected chi connectivity index (χ3v) is 4.94. The molecule has 20 heavy (non-hydrogen) atoms. The molecule has 0 saturated heterocycles. The number of hydrogen-bond donors (Lipinski definition) is 2. The van der Waals surface area contributed by atoms with Gasteiger partial charge < -0.3 is 10.4 Å². The molecular formula is C12H20ClN3O3S. The summed E-state index contributed by atoms with van der Waals surface area (Å²) in [7, 11) is -3.63. The van der Waals surface area contributed by atoms with Crippen molar-refractivity contribution in [1.82, 2.24) is 9.29 Å². The Morgan fingerprint density at radius 3 is 2.65 bits per heavy atom. The highest BCUT2D eigenvalue weighted by molar-refractivity contribution is 7.89. The van der Waals surface area contributed by atoms with E-state index in [4.69, 9.17) is 16.7 Å². The van der Waals surface area contributed by atoms with E-state index >= 15 is 0 Å². The van der Waals surface area contributed by atoms with Crippen LogP contribution in [0.3, 0.4) is 0 Å². The van der Waals surface area contributed by atoms with Crippen LogP contribution < -0.4 is 5.32 Å². The van der Waals surface area contributed by atoms with E-state index in [2.05, 4.69) is 10.3 Å². The van der Waals surface area contributed by atoms with E-state index in [1.54, 1.807) is 6.92 Å². The summed E-state index contributed by atoms with van der Waals surface area (Å²) in [6.45, 7) is 4.84. The number of nitrogens with zero attached hydrogens (tertiary/aromatic N) is 2. The van der Waals surface area contributed by atoms with Crippen molar-refractivity contribution < 1.29 is 13.5 Å². The van der Waals surface area contributed by atoms with Gasteiger partial charge >= 0.3 is 0 Å². The second kappa shape index (κ2) is 7.78. The van der Waals surface area contributed by atoms with Crippen LogP contribution in [0, 0.1) is 0 Å². The van der Waals surface area contributed by atoms with E-state index in [-0.39, 0.29) is 23.1 Å². The number of aromatic nitrogens is 1. The van der Waals surface area contributed by atoms with Crippen LogP contribution in [0.15, 0.2) is 17.2 Å². The second-order valence-corrected chi connectivity index (χ2v) is 6.45. The van der Waals surface area contributed by atoms with Crippen LogP contribution in [-0.2, 0) is 10.0 Å². The Bertz CT molecular complexity index is 537. The normalized spacial score (nSPS) is 11.8. The van der Waals surface area contributed by atoms with E-state index < -0.39 is 10.0 Å². The quantitative estimate of drug-likeness (QED) is 0.759. The monoisotopic (exact) mass is 321 g/mol. The molecule has 2 N–H and O–H groups in total. The van der Waals surface area contributed by atoms with Gasteiger partial charge in [0.25, 0.3) is 0 Å². The molecule has 0 atom stereocenters. The molecule has 0 unspecified atom stereocenters. The number of nitrogens with one attached hydrogen (secondary N) is 1. The lowest BCUT2D eigenvalue weighted by Gasteiger charge is -2.20. The van der Waals surface area contributed by atoms with Gasteiger partial charge in [-0.2, -0.15) is 4.31 Å². The smallest absolute Gasteiger partial charge is 0.244 e. The van der Waals surface area contributed by atoms with Crippen molar-refractivity contribution in [1.29, 1.82) is 0 Å². The zero-order valence-electron chi connectivity index (χ0n) is 11.6. The van der Waals surface area contributed by atoms with Gasteiger partial charge in [0.05, 0.1) is 5.02 Å².